The van der Waals surface area contributed by atoms with E-state index in [1.54, 1.807) is 0 Å². The Morgan fingerprint density at radius 1 is 1.31 bits per heavy atom. The molecule has 1 aromatic heterocycles. The molecule has 3 heteroatoms. The lowest BCUT2D eigenvalue weighted by atomic mass is 10.1. The fraction of sp³-hybridized carbons (Fsp3) is 0.538. The molecule has 0 radical (unpaired) electrons. The summed E-state index contributed by atoms with van der Waals surface area (Å²) in [4.78, 5) is 8.89. The Kier molecular flexibility index (Phi) is 8.12. The molecule has 0 bridgehead atoms. The van der Waals surface area contributed by atoms with Crippen LogP contribution in [0.2, 0.25) is 0 Å². The van der Waals surface area contributed by atoms with Crippen LogP contribution in [0.25, 0.3) is 0 Å². The van der Waals surface area contributed by atoms with Gasteiger partial charge in [-0.1, -0.05) is 13.3 Å². The van der Waals surface area contributed by atoms with Crippen LogP contribution < -0.4 is 9.67 Å². The number of nitrogens with zero attached hydrogens (tertiary/aromatic N) is 1. The first-order valence-electron chi connectivity index (χ1n) is 5.75. The highest BCUT2D eigenvalue weighted by atomic mass is 16.4. The maximum absolute atomic E-state index is 8.89. The van der Waals surface area contributed by atoms with E-state index < -0.39 is 5.97 Å². The number of rotatable bonds is 4. The summed E-state index contributed by atoms with van der Waals surface area (Å²) < 4.78 is 2.19. The van der Waals surface area contributed by atoms with Crippen LogP contribution in [0.3, 0.4) is 0 Å². The first-order valence-corrected chi connectivity index (χ1v) is 5.75. The summed E-state index contributed by atoms with van der Waals surface area (Å²) in [6, 6.07) is 4.44. The molecule has 0 aliphatic heterocycles. The Balaban J connectivity index is 0.000000487. The average molecular weight is 223 g/mol. The quantitative estimate of drug-likeness (QED) is 0.717. The van der Waals surface area contributed by atoms with Crippen molar-refractivity contribution >= 4 is 5.97 Å². The zero-order chi connectivity index (χ0) is 12.4. The molecule has 0 unspecified atom stereocenters. The highest BCUT2D eigenvalue weighted by Crippen LogP contribution is 2.01. The van der Waals surface area contributed by atoms with Gasteiger partial charge in [-0.05, 0) is 32.3 Å². The van der Waals surface area contributed by atoms with Gasteiger partial charge in [0.25, 0.3) is 0 Å². The second-order valence-electron chi connectivity index (χ2n) is 3.63. The smallest absolute Gasteiger partial charge is 0.169 e. The van der Waals surface area contributed by atoms with Gasteiger partial charge in [-0.2, -0.15) is 0 Å². The number of carboxylic acid groups (broad SMARTS) is 1. The minimum Gasteiger partial charge on any atom is -0.550 e. The molecule has 1 heterocycles. The van der Waals surface area contributed by atoms with E-state index in [0.717, 1.165) is 13.5 Å². The molecule has 0 fully saturated rings. The SMILES string of the molecule is CC(=O)[O-].CCCCc1cc[n+](CC)cc1. The van der Waals surface area contributed by atoms with Crippen LogP contribution >= 0.6 is 0 Å². The first-order chi connectivity index (χ1) is 7.60. The second kappa shape index (κ2) is 8.89. The van der Waals surface area contributed by atoms with E-state index >= 15 is 0 Å². The molecule has 0 saturated heterocycles. The van der Waals surface area contributed by atoms with Crippen LogP contribution in [-0.4, -0.2) is 5.97 Å². The third kappa shape index (κ3) is 7.97. The van der Waals surface area contributed by atoms with Crippen LogP contribution in [0.5, 0.6) is 0 Å². The average Bonchev–Trinajstić information content (AvgIpc) is 2.26. The van der Waals surface area contributed by atoms with Crippen molar-refractivity contribution in [3.05, 3.63) is 30.1 Å². The molecule has 1 aromatic rings. The third-order valence-corrected chi connectivity index (χ3v) is 2.14. The van der Waals surface area contributed by atoms with Gasteiger partial charge < -0.3 is 9.90 Å². The van der Waals surface area contributed by atoms with Crippen molar-refractivity contribution in [3.63, 3.8) is 0 Å². The van der Waals surface area contributed by atoms with Crippen molar-refractivity contribution in [3.8, 4) is 0 Å². The van der Waals surface area contributed by atoms with Crippen LogP contribution in [0.15, 0.2) is 24.5 Å². The number of aromatic nitrogens is 1. The van der Waals surface area contributed by atoms with E-state index in [1.165, 1.54) is 24.8 Å². The van der Waals surface area contributed by atoms with Crippen molar-refractivity contribution in [2.24, 2.45) is 0 Å². The predicted molar refractivity (Wildman–Crippen MR) is 61.6 cm³/mol. The molecule has 3 nitrogen and oxygen atoms in total. The summed E-state index contributed by atoms with van der Waals surface area (Å²) >= 11 is 0. The lowest BCUT2D eigenvalue weighted by Crippen LogP contribution is -2.30. The number of unbranched alkanes of at least 4 members (excludes halogenated alkanes) is 1. The summed E-state index contributed by atoms with van der Waals surface area (Å²) in [5.41, 5.74) is 1.46. The molecule has 0 aliphatic carbocycles. The van der Waals surface area contributed by atoms with E-state index in [1.807, 2.05) is 0 Å². The molecule has 0 aliphatic rings. The van der Waals surface area contributed by atoms with E-state index in [9.17, 15) is 0 Å². The number of carbonyl (C=O) groups is 1. The van der Waals surface area contributed by atoms with Gasteiger partial charge in [-0.25, -0.2) is 4.57 Å². The van der Waals surface area contributed by atoms with Crippen LogP contribution in [0.4, 0.5) is 0 Å². The molecular weight excluding hydrogens is 202 g/mol. The van der Waals surface area contributed by atoms with Crippen LogP contribution in [-0.2, 0) is 17.8 Å². The lowest BCUT2D eigenvalue weighted by Gasteiger charge is -1.97. The molecule has 90 valence electrons. The minimum atomic E-state index is -1.08. The predicted octanol–water partition coefficient (Wildman–Crippen LogP) is 1.09. The largest absolute Gasteiger partial charge is 0.550 e. The monoisotopic (exact) mass is 223 g/mol. The van der Waals surface area contributed by atoms with Gasteiger partial charge in [-0.3, -0.25) is 0 Å². The maximum atomic E-state index is 8.89. The van der Waals surface area contributed by atoms with E-state index in [4.69, 9.17) is 9.90 Å². The topological polar surface area (TPSA) is 44.0 Å². The van der Waals surface area contributed by atoms with Gasteiger partial charge >= 0.3 is 0 Å². The number of hydrogen-bond acceptors (Lipinski definition) is 2. The summed E-state index contributed by atoms with van der Waals surface area (Å²) in [6.45, 7) is 6.43. The zero-order valence-electron chi connectivity index (χ0n) is 10.4. The molecule has 16 heavy (non-hydrogen) atoms. The number of carboxylic acids is 1. The summed E-state index contributed by atoms with van der Waals surface area (Å²) in [5.74, 6) is -1.08. The highest BCUT2D eigenvalue weighted by Gasteiger charge is 1.96. The molecule has 0 amide bonds. The lowest BCUT2D eigenvalue weighted by molar-refractivity contribution is -0.693. The van der Waals surface area contributed by atoms with Crippen molar-refractivity contribution in [1.29, 1.82) is 0 Å². The molecule has 0 spiro atoms. The Morgan fingerprint density at radius 3 is 2.19 bits per heavy atom. The van der Waals surface area contributed by atoms with Crippen LogP contribution in [0, 0.1) is 0 Å². The van der Waals surface area contributed by atoms with Gasteiger partial charge in [0.1, 0.15) is 6.54 Å². The summed E-state index contributed by atoms with van der Waals surface area (Å²) in [5, 5.41) is 8.89. The van der Waals surface area contributed by atoms with Crippen molar-refractivity contribution < 1.29 is 14.5 Å². The van der Waals surface area contributed by atoms with Gasteiger partial charge in [0.15, 0.2) is 12.4 Å². The number of hydrogen-bond donors (Lipinski definition) is 0. The Labute approximate surface area is 97.7 Å². The Morgan fingerprint density at radius 2 is 1.81 bits per heavy atom. The van der Waals surface area contributed by atoms with E-state index in [2.05, 4.69) is 42.9 Å². The Hall–Kier alpha value is -1.38. The number of pyridine rings is 1. The number of carbonyl (C=O) groups excluding carboxylic acids is 1. The summed E-state index contributed by atoms with van der Waals surface area (Å²) in [6.07, 6.45) is 8.12. The van der Waals surface area contributed by atoms with Gasteiger partial charge in [0, 0.05) is 18.1 Å². The standard InChI is InChI=1S/C11H18N.C2H4O2/c1-3-5-6-11-7-9-12(4-2)10-8-11;1-2(3)4/h7-10H,3-6H2,1-2H3;1H3,(H,3,4)/q+1;/p-1. The minimum absolute atomic E-state index is 0.972. The normalized spacial score (nSPS) is 9.19. The number of aliphatic carboxylic acids is 1. The van der Waals surface area contributed by atoms with E-state index in [0.29, 0.717) is 0 Å². The van der Waals surface area contributed by atoms with E-state index in [-0.39, 0.29) is 0 Å². The zero-order valence-corrected chi connectivity index (χ0v) is 10.4. The van der Waals surface area contributed by atoms with Crippen LogP contribution in [0.1, 0.15) is 39.2 Å². The number of aryl methyl sites for hydroxylation is 2. The molecule has 0 atom stereocenters. The highest BCUT2D eigenvalue weighted by molar-refractivity contribution is 5.60. The fourth-order valence-corrected chi connectivity index (χ4v) is 1.25. The molecule has 0 saturated carbocycles. The van der Waals surface area contributed by atoms with Crippen molar-refractivity contribution in [1.82, 2.24) is 0 Å². The maximum Gasteiger partial charge on any atom is 0.169 e. The van der Waals surface area contributed by atoms with Crippen molar-refractivity contribution in [2.45, 2.75) is 46.6 Å². The van der Waals surface area contributed by atoms with Crippen molar-refractivity contribution in [2.75, 3.05) is 0 Å². The van der Waals surface area contributed by atoms with Gasteiger partial charge in [0.2, 0.25) is 0 Å². The summed E-state index contributed by atoms with van der Waals surface area (Å²) in [7, 11) is 0. The molecular formula is C13H21NO2. The molecule has 0 N–H and O–H groups in total. The second-order valence-corrected chi connectivity index (χ2v) is 3.63. The molecule has 0 aromatic carbocycles. The first kappa shape index (κ1) is 14.6. The van der Waals surface area contributed by atoms with Gasteiger partial charge in [-0.15, -0.1) is 0 Å². The third-order valence-electron chi connectivity index (χ3n) is 2.14. The molecule has 1 rings (SSSR count). The van der Waals surface area contributed by atoms with Gasteiger partial charge in [0.05, 0.1) is 0 Å². The Bertz CT molecular complexity index is 289. The fourth-order valence-electron chi connectivity index (χ4n) is 1.25.